The Balaban J connectivity index is 2.01. The highest BCUT2D eigenvalue weighted by Crippen LogP contribution is 2.42. The fraction of sp³-hybridized carbons (Fsp3) is 0.455. The van der Waals surface area contributed by atoms with Crippen LogP contribution in [0.5, 0.6) is 11.5 Å². The van der Waals surface area contributed by atoms with Crippen LogP contribution in [0.4, 0.5) is 0 Å². The normalized spacial score (nSPS) is 14.9. The highest BCUT2D eigenvalue weighted by atomic mass is 16.5. The number of nitroso groups, excluding NO2 is 1. The number of phenolic OH excluding ortho intramolecular Hbond substituents is 1. The van der Waals surface area contributed by atoms with Gasteiger partial charge in [0.2, 0.25) is 0 Å². The van der Waals surface area contributed by atoms with Gasteiger partial charge in [0.1, 0.15) is 5.56 Å². The Hall–Kier alpha value is -3.00. The van der Waals surface area contributed by atoms with Gasteiger partial charge in [-0.2, -0.15) is 0 Å². The number of aromatic nitrogens is 1. The number of ether oxygens (including phenoxy) is 2. The lowest BCUT2D eigenvalue weighted by Crippen LogP contribution is -2.28. The molecule has 1 aliphatic rings. The third-order valence-electron chi connectivity index (χ3n) is 5.41. The van der Waals surface area contributed by atoms with E-state index in [-0.39, 0.29) is 23.3 Å². The number of rotatable bonds is 8. The molecule has 160 valence electrons. The maximum Gasteiger partial charge on any atom is 0.322 e. The van der Waals surface area contributed by atoms with Crippen LogP contribution in [0, 0.1) is 10.8 Å². The molecule has 8 nitrogen and oxygen atoms in total. The maximum absolute atomic E-state index is 12.4. The van der Waals surface area contributed by atoms with Crippen molar-refractivity contribution >= 4 is 5.91 Å². The summed E-state index contributed by atoms with van der Waals surface area (Å²) in [5, 5.41) is 12.9. The second kappa shape index (κ2) is 9.21. The molecule has 3 rings (SSSR count). The number of benzene rings is 1. The Morgan fingerprint density at radius 1 is 1.27 bits per heavy atom. The number of carbonyl (C=O) groups is 1. The summed E-state index contributed by atoms with van der Waals surface area (Å²) in [4.78, 5) is 34.8. The summed E-state index contributed by atoms with van der Waals surface area (Å²) < 4.78 is 12.6. The number of pyridine rings is 1. The molecule has 0 bridgehead atoms. The smallest absolute Gasteiger partial charge is 0.322 e. The first kappa shape index (κ1) is 21.7. The van der Waals surface area contributed by atoms with E-state index in [9.17, 15) is 19.6 Å². The van der Waals surface area contributed by atoms with Crippen molar-refractivity contribution in [1.82, 2.24) is 4.57 Å². The van der Waals surface area contributed by atoms with Crippen molar-refractivity contribution in [3.8, 4) is 22.8 Å². The Morgan fingerprint density at radius 2 is 2.00 bits per heavy atom. The van der Waals surface area contributed by atoms with Crippen molar-refractivity contribution in [2.45, 2.75) is 39.2 Å². The number of hydrogen-bond acceptors (Lipinski definition) is 6. The molecule has 1 N–H and O–H groups in total. The highest BCUT2D eigenvalue weighted by molar-refractivity contribution is 5.94. The molecule has 1 aliphatic heterocycles. The molecule has 0 radical (unpaired) electrons. The molecule has 0 spiro atoms. The first-order valence-electron chi connectivity index (χ1n) is 9.99. The van der Waals surface area contributed by atoms with Gasteiger partial charge < -0.3 is 19.1 Å². The molecule has 0 saturated carbocycles. The number of amides is 1. The second-order valence-corrected chi connectivity index (χ2v) is 7.78. The summed E-state index contributed by atoms with van der Waals surface area (Å²) in [5.74, 6) is -0.499. The minimum Gasteiger partial charge on any atom is -0.504 e. The summed E-state index contributed by atoms with van der Waals surface area (Å²) >= 11 is 0. The van der Waals surface area contributed by atoms with Gasteiger partial charge in [-0.25, -0.2) is 0 Å². The van der Waals surface area contributed by atoms with E-state index in [1.165, 1.54) is 12.3 Å². The average Bonchev–Trinajstić information content (AvgIpc) is 2.72. The van der Waals surface area contributed by atoms with E-state index >= 15 is 0 Å². The largest absolute Gasteiger partial charge is 0.504 e. The molecule has 0 fully saturated rings. The quantitative estimate of drug-likeness (QED) is 0.521. The standard InChI is InChI=1S/C22H26N2O6/c1-13(2)17-8-14-9-21(30-7-5-4-6-29-3)20(26)10-15(14)18-11-19(25)16(12-24(17)18)22(27)23-28/h9-13,17,26H,4-8H2,1-3H3. The first-order valence-corrected chi connectivity index (χ1v) is 9.99. The van der Waals surface area contributed by atoms with E-state index in [4.69, 9.17) is 9.47 Å². The Kier molecular flexibility index (Phi) is 6.66. The molecule has 1 atom stereocenters. The molecule has 8 heteroatoms. The van der Waals surface area contributed by atoms with Crippen LogP contribution in [0.3, 0.4) is 0 Å². The van der Waals surface area contributed by atoms with E-state index in [2.05, 4.69) is 5.18 Å². The fourth-order valence-electron chi connectivity index (χ4n) is 3.79. The number of aromatic hydroxyl groups is 1. The molecule has 0 saturated heterocycles. The summed E-state index contributed by atoms with van der Waals surface area (Å²) in [6.45, 7) is 5.21. The number of nitrogens with zero attached hydrogens (tertiary/aromatic N) is 2. The van der Waals surface area contributed by atoms with Gasteiger partial charge in [0.25, 0.3) is 0 Å². The zero-order valence-electron chi connectivity index (χ0n) is 17.4. The van der Waals surface area contributed by atoms with E-state index in [1.807, 2.05) is 24.5 Å². The molecule has 0 aliphatic carbocycles. The summed E-state index contributed by atoms with van der Waals surface area (Å²) in [6, 6.07) is 4.69. The zero-order valence-corrected chi connectivity index (χ0v) is 17.4. The third kappa shape index (κ3) is 4.28. The Morgan fingerprint density at radius 3 is 2.67 bits per heavy atom. The Bertz CT molecular complexity index is 1010. The van der Waals surface area contributed by atoms with Crippen LogP contribution < -0.4 is 10.2 Å². The number of hydrogen-bond donors (Lipinski definition) is 1. The van der Waals surface area contributed by atoms with Gasteiger partial charge in [0.05, 0.1) is 12.3 Å². The number of phenols is 1. The predicted octanol–water partition coefficient (Wildman–Crippen LogP) is 3.69. The van der Waals surface area contributed by atoms with Gasteiger partial charge in [0, 0.05) is 42.8 Å². The molecular weight excluding hydrogens is 388 g/mol. The minimum atomic E-state index is -1.08. The van der Waals surface area contributed by atoms with Crippen molar-refractivity contribution in [3.05, 3.63) is 50.7 Å². The SMILES string of the molecule is COCCCCOc1cc2c(cc1O)-c1cc(=O)c(C(=O)N=O)cn1C(C(C)C)C2. The van der Waals surface area contributed by atoms with Crippen molar-refractivity contribution in [3.63, 3.8) is 0 Å². The third-order valence-corrected chi connectivity index (χ3v) is 5.41. The van der Waals surface area contributed by atoms with Crippen molar-refractivity contribution in [1.29, 1.82) is 0 Å². The zero-order chi connectivity index (χ0) is 21.8. The van der Waals surface area contributed by atoms with Crippen LogP contribution in [0.25, 0.3) is 11.3 Å². The van der Waals surface area contributed by atoms with E-state index in [1.54, 1.807) is 13.2 Å². The van der Waals surface area contributed by atoms with E-state index in [0.29, 0.717) is 36.6 Å². The minimum absolute atomic E-state index is 0.0165. The topological polar surface area (TPSA) is 107 Å². The molecule has 1 unspecified atom stereocenters. The predicted molar refractivity (Wildman–Crippen MR) is 112 cm³/mol. The number of carbonyl (C=O) groups excluding carboxylic acids is 1. The van der Waals surface area contributed by atoms with Crippen molar-refractivity contribution in [2.24, 2.45) is 11.1 Å². The lowest BCUT2D eigenvalue weighted by atomic mass is 9.87. The van der Waals surface area contributed by atoms with Gasteiger partial charge in [0.15, 0.2) is 16.9 Å². The summed E-state index contributed by atoms with van der Waals surface area (Å²) in [5.41, 5.74) is 1.42. The molecule has 1 aromatic heterocycles. The van der Waals surface area contributed by atoms with Gasteiger partial charge in [-0.3, -0.25) is 9.59 Å². The maximum atomic E-state index is 12.4. The number of methoxy groups -OCH3 is 1. The van der Waals surface area contributed by atoms with Gasteiger partial charge in [-0.1, -0.05) is 13.8 Å². The lowest BCUT2D eigenvalue weighted by Gasteiger charge is -2.33. The first-order chi connectivity index (χ1) is 14.4. The van der Waals surface area contributed by atoms with Crippen molar-refractivity contribution in [2.75, 3.05) is 20.3 Å². The highest BCUT2D eigenvalue weighted by Gasteiger charge is 2.29. The molecule has 2 aromatic rings. The summed E-state index contributed by atoms with van der Waals surface area (Å²) in [6.07, 6.45) is 3.71. The molecular formula is C22H26N2O6. The average molecular weight is 414 g/mol. The van der Waals surface area contributed by atoms with Gasteiger partial charge in [-0.15, -0.1) is 4.91 Å². The second-order valence-electron chi connectivity index (χ2n) is 7.78. The molecule has 30 heavy (non-hydrogen) atoms. The van der Waals surface area contributed by atoms with Crippen LogP contribution in [-0.2, 0) is 11.2 Å². The monoisotopic (exact) mass is 414 g/mol. The van der Waals surface area contributed by atoms with Crippen LogP contribution in [0.2, 0.25) is 0 Å². The lowest BCUT2D eigenvalue weighted by molar-refractivity contribution is 0.0998. The molecule has 1 aromatic carbocycles. The van der Waals surface area contributed by atoms with Crippen LogP contribution in [0.1, 0.15) is 48.7 Å². The summed E-state index contributed by atoms with van der Waals surface area (Å²) in [7, 11) is 1.65. The molecule has 2 heterocycles. The Labute approximate surface area is 174 Å². The van der Waals surface area contributed by atoms with Crippen LogP contribution in [0.15, 0.2) is 34.4 Å². The van der Waals surface area contributed by atoms with E-state index in [0.717, 1.165) is 18.4 Å². The van der Waals surface area contributed by atoms with Gasteiger partial charge in [-0.05, 0) is 42.9 Å². The number of unbranched alkanes of at least 4 members (excludes halogenated alkanes) is 1. The van der Waals surface area contributed by atoms with E-state index < -0.39 is 11.3 Å². The molecule has 1 amide bonds. The van der Waals surface area contributed by atoms with Crippen LogP contribution in [-0.4, -0.2) is 35.9 Å². The van der Waals surface area contributed by atoms with Crippen LogP contribution >= 0.6 is 0 Å². The number of fused-ring (bicyclic) bond motifs is 3. The van der Waals surface area contributed by atoms with Crippen molar-refractivity contribution < 1.29 is 19.4 Å². The van der Waals surface area contributed by atoms with Gasteiger partial charge >= 0.3 is 5.91 Å². The fourth-order valence-corrected chi connectivity index (χ4v) is 3.79.